The first-order valence-electron chi connectivity index (χ1n) is 6.32. The fourth-order valence-corrected chi connectivity index (χ4v) is 3.89. The van der Waals surface area contributed by atoms with Crippen LogP contribution in [0.1, 0.15) is 36.0 Å². The van der Waals surface area contributed by atoms with Gasteiger partial charge in [0.25, 0.3) is 5.24 Å². The van der Waals surface area contributed by atoms with Gasteiger partial charge >= 0.3 is 0 Å². The lowest BCUT2D eigenvalue weighted by atomic mass is 10.2. The van der Waals surface area contributed by atoms with Crippen LogP contribution in [0.2, 0.25) is 0 Å². The summed E-state index contributed by atoms with van der Waals surface area (Å²) in [5.41, 5.74) is 0.206. The zero-order valence-corrected chi connectivity index (χ0v) is 12.1. The SMILES string of the molecule is O=C(Cl)c1cccc(S(=O)(=O)N2CCCCCC2)c1. The van der Waals surface area contributed by atoms with E-state index in [-0.39, 0.29) is 10.5 Å². The first-order chi connectivity index (χ1) is 9.01. The largest absolute Gasteiger partial charge is 0.276 e. The molecule has 0 unspecified atom stereocenters. The van der Waals surface area contributed by atoms with Crippen LogP contribution in [0.25, 0.3) is 0 Å². The summed E-state index contributed by atoms with van der Waals surface area (Å²) in [6.45, 7) is 1.09. The summed E-state index contributed by atoms with van der Waals surface area (Å²) < 4.78 is 26.5. The normalized spacial score (nSPS) is 17.9. The minimum atomic E-state index is -3.52. The highest BCUT2D eigenvalue weighted by Crippen LogP contribution is 2.21. The third-order valence-corrected chi connectivity index (χ3v) is 5.38. The number of hydrogen-bond acceptors (Lipinski definition) is 3. The van der Waals surface area contributed by atoms with Crippen molar-refractivity contribution in [3.8, 4) is 0 Å². The van der Waals surface area contributed by atoms with Crippen LogP contribution >= 0.6 is 11.6 Å². The fourth-order valence-electron chi connectivity index (χ4n) is 2.21. The van der Waals surface area contributed by atoms with Crippen molar-refractivity contribution in [1.82, 2.24) is 4.31 Å². The Balaban J connectivity index is 2.32. The number of halogens is 1. The van der Waals surface area contributed by atoms with Gasteiger partial charge in [-0.2, -0.15) is 4.31 Å². The average Bonchev–Trinajstić information content (AvgIpc) is 2.68. The molecular formula is C13H16ClNO3S. The van der Waals surface area contributed by atoms with Crippen LogP contribution < -0.4 is 0 Å². The maximum atomic E-state index is 12.5. The van der Waals surface area contributed by atoms with Crippen LogP contribution in [-0.4, -0.2) is 31.1 Å². The zero-order valence-electron chi connectivity index (χ0n) is 10.5. The number of carbonyl (C=O) groups excluding carboxylic acids is 1. The molecule has 0 atom stereocenters. The Bertz CT molecular complexity index is 563. The van der Waals surface area contributed by atoms with Crippen molar-refractivity contribution in [2.75, 3.05) is 13.1 Å². The Labute approximate surface area is 118 Å². The van der Waals surface area contributed by atoms with Gasteiger partial charge in [-0.3, -0.25) is 4.79 Å². The summed E-state index contributed by atoms with van der Waals surface area (Å²) in [5.74, 6) is 0. The predicted octanol–water partition coefficient (Wildman–Crippen LogP) is 2.63. The first-order valence-corrected chi connectivity index (χ1v) is 8.13. The standard InChI is InChI=1S/C13H16ClNO3S/c14-13(16)11-6-5-7-12(10-11)19(17,18)15-8-3-1-2-4-9-15/h5-7,10H,1-4,8-9H2. The van der Waals surface area contributed by atoms with Gasteiger partial charge in [-0.25, -0.2) is 8.42 Å². The van der Waals surface area contributed by atoms with E-state index < -0.39 is 15.3 Å². The van der Waals surface area contributed by atoms with E-state index in [9.17, 15) is 13.2 Å². The highest BCUT2D eigenvalue weighted by molar-refractivity contribution is 7.89. The van der Waals surface area contributed by atoms with Crippen molar-refractivity contribution in [3.63, 3.8) is 0 Å². The molecule has 0 aliphatic carbocycles. The van der Waals surface area contributed by atoms with E-state index >= 15 is 0 Å². The van der Waals surface area contributed by atoms with E-state index in [2.05, 4.69) is 0 Å². The summed E-state index contributed by atoms with van der Waals surface area (Å²) in [6.07, 6.45) is 3.89. The van der Waals surface area contributed by atoms with Gasteiger partial charge in [-0.15, -0.1) is 0 Å². The Morgan fingerprint density at radius 1 is 1.11 bits per heavy atom. The number of benzene rings is 1. The monoisotopic (exact) mass is 301 g/mol. The predicted molar refractivity (Wildman–Crippen MR) is 73.9 cm³/mol. The Morgan fingerprint density at radius 2 is 1.74 bits per heavy atom. The van der Waals surface area contributed by atoms with E-state index in [0.29, 0.717) is 13.1 Å². The second-order valence-electron chi connectivity index (χ2n) is 4.62. The van der Waals surface area contributed by atoms with Gasteiger partial charge in [-0.05, 0) is 36.6 Å². The van der Waals surface area contributed by atoms with Gasteiger partial charge in [0.05, 0.1) is 4.90 Å². The van der Waals surface area contributed by atoms with Crippen LogP contribution in [0.5, 0.6) is 0 Å². The van der Waals surface area contributed by atoms with Crippen LogP contribution in [-0.2, 0) is 10.0 Å². The fraction of sp³-hybridized carbons (Fsp3) is 0.462. The van der Waals surface area contributed by atoms with Crippen molar-refractivity contribution in [3.05, 3.63) is 29.8 Å². The Hall–Kier alpha value is -0.910. The van der Waals surface area contributed by atoms with Crippen LogP contribution in [0, 0.1) is 0 Å². The molecule has 6 heteroatoms. The van der Waals surface area contributed by atoms with Crippen molar-refractivity contribution >= 4 is 26.9 Å². The maximum absolute atomic E-state index is 12.5. The van der Waals surface area contributed by atoms with Gasteiger partial charge in [0, 0.05) is 18.7 Å². The number of rotatable bonds is 3. The molecule has 104 valence electrons. The van der Waals surface area contributed by atoms with Gasteiger partial charge in [0.15, 0.2) is 0 Å². The maximum Gasteiger partial charge on any atom is 0.252 e. The third-order valence-electron chi connectivity index (χ3n) is 3.26. The molecule has 4 nitrogen and oxygen atoms in total. The number of carbonyl (C=O) groups is 1. The lowest BCUT2D eigenvalue weighted by molar-refractivity contribution is 0.108. The van der Waals surface area contributed by atoms with Crippen LogP contribution in [0.4, 0.5) is 0 Å². The summed E-state index contributed by atoms with van der Waals surface area (Å²) in [5, 5.41) is -0.645. The molecule has 2 rings (SSSR count). The second-order valence-corrected chi connectivity index (χ2v) is 6.90. The molecule has 0 N–H and O–H groups in total. The Kier molecular flexibility index (Phi) is 4.60. The lowest BCUT2D eigenvalue weighted by Gasteiger charge is -2.20. The zero-order chi connectivity index (χ0) is 13.9. The van der Waals surface area contributed by atoms with Gasteiger partial charge < -0.3 is 0 Å². The molecule has 19 heavy (non-hydrogen) atoms. The minimum Gasteiger partial charge on any atom is -0.276 e. The summed E-state index contributed by atoms with van der Waals surface area (Å²) in [6, 6.07) is 5.90. The van der Waals surface area contributed by atoms with Crippen LogP contribution in [0.3, 0.4) is 0 Å². The molecule has 1 aromatic carbocycles. The highest BCUT2D eigenvalue weighted by atomic mass is 35.5. The number of hydrogen-bond donors (Lipinski definition) is 0. The molecule has 1 aliphatic heterocycles. The van der Waals surface area contributed by atoms with Crippen molar-refractivity contribution in [1.29, 1.82) is 0 Å². The van der Waals surface area contributed by atoms with Crippen molar-refractivity contribution in [2.45, 2.75) is 30.6 Å². The quantitative estimate of drug-likeness (QED) is 0.807. The first kappa shape index (κ1) is 14.5. The molecule has 1 aromatic rings. The second kappa shape index (κ2) is 6.03. The van der Waals surface area contributed by atoms with E-state index in [1.165, 1.54) is 22.5 Å². The molecule has 1 fully saturated rings. The molecule has 1 heterocycles. The molecule has 0 amide bonds. The highest BCUT2D eigenvalue weighted by Gasteiger charge is 2.25. The molecule has 0 spiro atoms. The number of sulfonamides is 1. The van der Waals surface area contributed by atoms with Crippen LogP contribution in [0.15, 0.2) is 29.2 Å². The van der Waals surface area contributed by atoms with E-state index in [0.717, 1.165) is 25.7 Å². The number of nitrogens with zero attached hydrogens (tertiary/aromatic N) is 1. The van der Waals surface area contributed by atoms with Crippen molar-refractivity contribution < 1.29 is 13.2 Å². The lowest BCUT2D eigenvalue weighted by Crippen LogP contribution is -2.32. The van der Waals surface area contributed by atoms with E-state index in [4.69, 9.17) is 11.6 Å². The van der Waals surface area contributed by atoms with Crippen molar-refractivity contribution in [2.24, 2.45) is 0 Å². The summed E-state index contributed by atoms with van der Waals surface area (Å²) >= 11 is 5.39. The molecule has 0 saturated carbocycles. The third kappa shape index (κ3) is 3.35. The Morgan fingerprint density at radius 3 is 2.32 bits per heavy atom. The van der Waals surface area contributed by atoms with Gasteiger partial charge in [0.2, 0.25) is 10.0 Å². The molecule has 1 aliphatic rings. The van der Waals surface area contributed by atoms with Gasteiger partial charge in [0.1, 0.15) is 0 Å². The van der Waals surface area contributed by atoms with E-state index in [1.807, 2.05) is 0 Å². The van der Waals surface area contributed by atoms with Gasteiger partial charge in [-0.1, -0.05) is 25.0 Å². The summed E-state index contributed by atoms with van der Waals surface area (Å²) in [7, 11) is -3.52. The van der Waals surface area contributed by atoms with E-state index in [1.54, 1.807) is 6.07 Å². The molecule has 1 saturated heterocycles. The molecule has 0 aromatic heterocycles. The molecule has 0 radical (unpaired) electrons. The minimum absolute atomic E-state index is 0.140. The molecular weight excluding hydrogens is 286 g/mol. The topological polar surface area (TPSA) is 54.5 Å². The summed E-state index contributed by atoms with van der Waals surface area (Å²) in [4.78, 5) is 11.3. The molecule has 0 bridgehead atoms. The average molecular weight is 302 g/mol. The smallest absolute Gasteiger partial charge is 0.252 e.